The van der Waals surface area contributed by atoms with Crippen molar-refractivity contribution in [3.63, 3.8) is 0 Å². The highest BCUT2D eigenvalue weighted by Gasteiger charge is 2.36. The lowest BCUT2D eigenvalue weighted by Crippen LogP contribution is -2.27. The molecule has 2 amide bonds. The number of carboxylic acid groups (broad SMARTS) is 1. The third-order valence-electron chi connectivity index (χ3n) is 6.49. The lowest BCUT2D eigenvalue weighted by molar-refractivity contribution is -0.123. The number of carbonyl (C=O) groups excluding carboxylic acids is 2. The smallest absolute Gasteiger partial charge is 0.339 e. The fraction of sp³-hybridized carbons (Fsp3) is 0.269. The Hall–Kier alpha value is -2.81. The molecule has 5 rings (SSSR count). The summed E-state index contributed by atoms with van der Waals surface area (Å²) in [5.41, 5.74) is 4.55. The van der Waals surface area contributed by atoms with Crippen LogP contribution in [0.4, 0.5) is 4.79 Å². The van der Waals surface area contributed by atoms with E-state index in [0.717, 1.165) is 64.8 Å². The third-order valence-corrected chi connectivity index (χ3v) is 9.04. The van der Waals surface area contributed by atoms with Gasteiger partial charge < -0.3 is 9.67 Å². The molecule has 0 atom stereocenters. The van der Waals surface area contributed by atoms with Crippen molar-refractivity contribution in [1.82, 2.24) is 9.47 Å². The van der Waals surface area contributed by atoms with Gasteiger partial charge in [-0.1, -0.05) is 29.8 Å². The molecule has 1 aromatic carbocycles. The zero-order chi connectivity index (χ0) is 24.9. The first kappa shape index (κ1) is 23.9. The lowest BCUT2D eigenvalue weighted by atomic mass is 9.95. The molecular weight excluding hydrogens is 504 g/mol. The monoisotopic (exact) mass is 526 g/mol. The Bertz CT molecular complexity index is 1420. The molecule has 3 heterocycles. The summed E-state index contributed by atoms with van der Waals surface area (Å²) in [5.74, 6) is -1.27. The summed E-state index contributed by atoms with van der Waals surface area (Å²) >= 11 is 8.67. The normalized spacial score (nSPS) is 16.9. The topological polar surface area (TPSA) is 79.6 Å². The molecule has 1 fully saturated rings. The van der Waals surface area contributed by atoms with Crippen molar-refractivity contribution < 1.29 is 19.5 Å². The van der Waals surface area contributed by atoms with Crippen LogP contribution in [0.25, 0.3) is 11.1 Å². The second-order valence-corrected chi connectivity index (χ2v) is 11.2. The maximum absolute atomic E-state index is 13.1. The van der Waals surface area contributed by atoms with E-state index in [9.17, 15) is 19.5 Å². The lowest BCUT2D eigenvalue weighted by Gasteiger charge is -2.13. The van der Waals surface area contributed by atoms with Crippen LogP contribution in [0.15, 0.2) is 35.2 Å². The van der Waals surface area contributed by atoms with E-state index < -0.39 is 5.97 Å². The summed E-state index contributed by atoms with van der Waals surface area (Å²) in [6, 6.07) is 9.08. The predicted molar refractivity (Wildman–Crippen MR) is 140 cm³/mol. The number of rotatable bonds is 5. The Kier molecular flexibility index (Phi) is 6.38. The maximum atomic E-state index is 13.1. The fourth-order valence-corrected chi connectivity index (χ4v) is 7.27. The van der Waals surface area contributed by atoms with Crippen LogP contribution in [0.3, 0.4) is 0 Å². The molecule has 1 aliphatic heterocycles. The molecule has 0 saturated carbocycles. The molecule has 0 unspecified atom stereocenters. The van der Waals surface area contributed by atoms with Gasteiger partial charge in [0.1, 0.15) is 5.00 Å². The van der Waals surface area contributed by atoms with E-state index in [2.05, 4.69) is 0 Å². The third kappa shape index (κ3) is 4.24. The number of thioether (sulfide) groups is 1. The number of imide groups is 1. The van der Waals surface area contributed by atoms with E-state index in [0.29, 0.717) is 26.1 Å². The number of hydrogen-bond donors (Lipinski definition) is 1. The molecule has 0 spiro atoms. The van der Waals surface area contributed by atoms with Gasteiger partial charge in [0, 0.05) is 21.3 Å². The molecule has 0 radical (unpaired) electrons. The van der Waals surface area contributed by atoms with Crippen LogP contribution < -0.4 is 0 Å². The second-order valence-electron chi connectivity index (χ2n) is 8.72. The highest BCUT2D eigenvalue weighted by Crippen LogP contribution is 2.40. The van der Waals surface area contributed by atoms with Gasteiger partial charge >= 0.3 is 5.97 Å². The minimum Gasteiger partial charge on any atom is -0.478 e. The van der Waals surface area contributed by atoms with Gasteiger partial charge in [-0.3, -0.25) is 14.5 Å². The number of thiophene rings is 1. The van der Waals surface area contributed by atoms with Crippen molar-refractivity contribution >= 4 is 57.9 Å². The number of nitrogens with zero attached hydrogens (tertiary/aromatic N) is 2. The molecular formula is C26H23ClN2O4S2. The summed E-state index contributed by atoms with van der Waals surface area (Å²) in [6.07, 6.45) is 5.50. The average Bonchev–Trinajstić information content (AvgIpc) is 3.42. The van der Waals surface area contributed by atoms with E-state index in [1.54, 1.807) is 35.6 Å². The summed E-state index contributed by atoms with van der Waals surface area (Å²) in [6.45, 7) is 3.96. The Morgan fingerprint density at radius 2 is 1.91 bits per heavy atom. The van der Waals surface area contributed by atoms with Crippen molar-refractivity contribution in [1.29, 1.82) is 0 Å². The number of aryl methyl sites for hydroxylation is 2. The Balaban J connectivity index is 1.50. The molecule has 1 saturated heterocycles. The van der Waals surface area contributed by atoms with Crippen LogP contribution in [-0.4, -0.2) is 31.7 Å². The molecule has 6 nitrogen and oxygen atoms in total. The van der Waals surface area contributed by atoms with Crippen molar-refractivity contribution in [3.8, 4) is 5.00 Å². The van der Waals surface area contributed by atoms with Crippen LogP contribution in [0.1, 0.15) is 56.2 Å². The molecule has 2 aromatic heterocycles. The van der Waals surface area contributed by atoms with Gasteiger partial charge in [-0.15, -0.1) is 11.3 Å². The van der Waals surface area contributed by atoms with Gasteiger partial charge in [-0.2, -0.15) is 0 Å². The maximum Gasteiger partial charge on any atom is 0.339 e. The van der Waals surface area contributed by atoms with E-state index in [-0.39, 0.29) is 17.7 Å². The van der Waals surface area contributed by atoms with Gasteiger partial charge in [0.15, 0.2) is 0 Å². The van der Waals surface area contributed by atoms with Crippen LogP contribution in [0, 0.1) is 13.8 Å². The summed E-state index contributed by atoms with van der Waals surface area (Å²) in [7, 11) is 0. The Labute approximate surface area is 216 Å². The van der Waals surface area contributed by atoms with Gasteiger partial charge in [0.25, 0.3) is 11.1 Å². The molecule has 180 valence electrons. The van der Waals surface area contributed by atoms with Crippen molar-refractivity contribution in [3.05, 3.63) is 78.8 Å². The zero-order valence-corrected chi connectivity index (χ0v) is 21.6. The van der Waals surface area contributed by atoms with E-state index in [4.69, 9.17) is 11.6 Å². The van der Waals surface area contributed by atoms with Crippen molar-refractivity contribution in [2.75, 3.05) is 0 Å². The zero-order valence-electron chi connectivity index (χ0n) is 19.3. The highest BCUT2D eigenvalue weighted by molar-refractivity contribution is 8.18. The first-order valence-electron chi connectivity index (χ1n) is 11.3. The van der Waals surface area contributed by atoms with Gasteiger partial charge in [0.05, 0.1) is 17.0 Å². The number of fused-ring (bicyclic) bond motifs is 1. The Morgan fingerprint density at radius 1 is 1.17 bits per heavy atom. The molecule has 2 aliphatic rings. The minimum absolute atomic E-state index is 0.115. The van der Waals surface area contributed by atoms with E-state index in [1.165, 1.54) is 4.90 Å². The summed E-state index contributed by atoms with van der Waals surface area (Å²) in [4.78, 5) is 40.6. The number of hydrogen-bond acceptors (Lipinski definition) is 5. The number of amides is 2. The number of carboxylic acids is 1. The molecule has 9 heteroatoms. The first-order valence-corrected chi connectivity index (χ1v) is 13.3. The number of aromatic carboxylic acids is 1. The van der Waals surface area contributed by atoms with E-state index >= 15 is 0 Å². The first-order chi connectivity index (χ1) is 16.8. The SMILES string of the molecule is Cc1cc(/C=C2\SC(=O)N(Cc3ccccc3Cl)C2=O)c(C)n1-c1sc2c(c1C(=O)O)CCCC2. The number of halogens is 1. The Morgan fingerprint density at radius 3 is 2.66 bits per heavy atom. The second kappa shape index (κ2) is 9.33. The van der Waals surface area contributed by atoms with Crippen LogP contribution in [-0.2, 0) is 24.2 Å². The number of aromatic nitrogens is 1. The minimum atomic E-state index is -0.908. The van der Waals surface area contributed by atoms with Crippen molar-refractivity contribution in [2.45, 2.75) is 46.1 Å². The highest BCUT2D eigenvalue weighted by atomic mass is 35.5. The predicted octanol–water partition coefficient (Wildman–Crippen LogP) is 6.62. The molecule has 35 heavy (non-hydrogen) atoms. The van der Waals surface area contributed by atoms with Crippen LogP contribution >= 0.6 is 34.7 Å². The van der Waals surface area contributed by atoms with Crippen LogP contribution in [0.5, 0.6) is 0 Å². The fourth-order valence-electron chi connectivity index (χ4n) is 4.75. The number of benzene rings is 1. The van der Waals surface area contributed by atoms with E-state index in [1.807, 2.05) is 30.5 Å². The molecule has 0 bridgehead atoms. The molecule has 3 aromatic rings. The summed E-state index contributed by atoms with van der Waals surface area (Å²) in [5, 5.41) is 10.9. The molecule has 1 N–H and O–H groups in total. The largest absolute Gasteiger partial charge is 0.478 e. The van der Waals surface area contributed by atoms with Crippen LogP contribution in [0.2, 0.25) is 5.02 Å². The van der Waals surface area contributed by atoms with Crippen molar-refractivity contribution in [2.24, 2.45) is 0 Å². The summed E-state index contributed by atoms with van der Waals surface area (Å²) < 4.78 is 1.96. The molecule has 1 aliphatic carbocycles. The van der Waals surface area contributed by atoms with Gasteiger partial charge in [-0.05, 0) is 86.2 Å². The number of carbonyl (C=O) groups is 3. The quantitative estimate of drug-likeness (QED) is 0.378. The standard InChI is InChI=1S/C26H23ClN2O4S2/c1-14-11-17(12-21-23(30)28(26(33)35-21)13-16-7-3-5-9-19(16)27)15(2)29(14)24-22(25(31)32)18-8-4-6-10-20(18)34-24/h3,5,7,9,11-12H,4,6,8,10,13H2,1-2H3,(H,31,32)/b21-12-. The van der Waals surface area contributed by atoms with Gasteiger partial charge in [0.2, 0.25) is 0 Å². The average molecular weight is 527 g/mol. The van der Waals surface area contributed by atoms with Gasteiger partial charge in [-0.25, -0.2) is 4.79 Å².